The monoisotopic (exact) mass is 492 g/mol. The summed E-state index contributed by atoms with van der Waals surface area (Å²) < 4.78 is 5.26. The Kier molecular flexibility index (Phi) is 9.68. The molecule has 182 valence electrons. The van der Waals surface area contributed by atoms with Gasteiger partial charge in [-0.3, -0.25) is 19.4 Å². The zero-order chi connectivity index (χ0) is 25.0. The Morgan fingerprint density at radius 2 is 1.77 bits per heavy atom. The maximum Gasteiger partial charge on any atom is 0.255 e. The highest BCUT2D eigenvalue weighted by atomic mass is 32.2. The standard InChI is InChI=1S/C26H28N4O4S/c1-34-23-9-4-3-8-21(23)25(32)30-22(12-15-35-2)26(33)28-17-18-6-5-7-20(16-18)29-24(31)19-10-13-27-14-11-19/h3-11,13-14,16,22H,12,15,17H2,1-2H3,(H,28,33)(H,29,31)(H,30,32). The second kappa shape index (κ2) is 13.1. The maximum atomic E-state index is 12.9. The minimum Gasteiger partial charge on any atom is -0.496 e. The van der Waals surface area contributed by atoms with Gasteiger partial charge in [0.25, 0.3) is 11.8 Å². The van der Waals surface area contributed by atoms with Gasteiger partial charge in [0.05, 0.1) is 12.7 Å². The second-order valence-corrected chi connectivity index (χ2v) is 8.60. The number of aromatic nitrogens is 1. The van der Waals surface area contributed by atoms with Crippen LogP contribution in [0.1, 0.15) is 32.7 Å². The molecule has 0 aliphatic rings. The zero-order valence-electron chi connectivity index (χ0n) is 19.6. The number of anilines is 1. The molecule has 1 aromatic heterocycles. The topological polar surface area (TPSA) is 109 Å². The van der Waals surface area contributed by atoms with Crippen molar-refractivity contribution in [2.45, 2.75) is 19.0 Å². The number of carbonyl (C=O) groups is 3. The first kappa shape index (κ1) is 25.8. The van der Waals surface area contributed by atoms with Gasteiger partial charge >= 0.3 is 0 Å². The second-order valence-electron chi connectivity index (χ2n) is 7.62. The van der Waals surface area contributed by atoms with Crippen molar-refractivity contribution < 1.29 is 19.1 Å². The van der Waals surface area contributed by atoms with Crippen LogP contribution >= 0.6 is 11.8 Å². The van der Waals surface area contributed by atoms with E-state index in [1.165, 1.54) is 7.11 Å². The number of pyridine rings is 1. The molecule has 35 heavy (non-hydrogen) atoms. The van der Waals surface area contributed by atoms with E-state index in [0.29, 0.717) is 34.7 Å². The number of hydrogen-bond donors (Lipinski definition) is 3. The SMILES string of the molecule is COc1ccccc1C(=O)NC(CCSC)C(=O)NCc1cccc(NC(=O)c2ccncc2)c1. The maximum absolute atomic E-state index is 12.9. The first-order chi connectivity index (χ1) is 17.0. The molecule has 0 saturated carbocycles. The van der Waals surface area contributed by atoms with E-state index in [-0.39, 0.29) is 24.3 Å². The van der Waals surface area contributed by atoms with Crippen LogP contribution in [0, 0.1) is 0 Å². The quantitative estimate of drug-likeness (QED) is 0.378. The predicted octanol–water partition coefficient (Wildman–Crippen LogP) is 3.51. The lowest BCUT2D eigenvalue weighted by Crippen LogP contribution is -2.47. The third kappa shape index (κ3) is 7.58. The van der Waals surface area contributed by atoms with Crippen LogP contribution in [-0.4, -0.2) is 47.9 Å². The molecule has 0 radical (unpaired) electrons. The van der Waals surface area contributed by atoms with Crippen LogP contribution in [0.2, 0.25) is 0 Å². The minimum absolute atomic E-state index is 0.246. The lowest BCUT2D eigenvalue weighted by atomic mass is 10.1. The summed E-state index contributed by atoms with van der Waals surface area (Å²) in [6, 6.07) is 16.7. The van der Waals surface area contributed by atoms with Gasteiger partial charge in [0.1, 0.15) is 11.8 Å². The van der Waals surface area contributed by atoms with E-state index in [9.17, 15) is 14.4 Å². The van der Waals surface area contributed by atoms with Crippen LogP contribution in [0.5, 0.6) is 5.75 Å². The van der Waals surface area contributed by atoms with Crippen molar-refractivity contribution >= 4 is 35.2 Å². The number of nitrogens with one attached hydrogen (secondary N) is 3. The molecule has 0 fully saturated rings. The Labute approximate surface area is 208 Å². The summed E-state index contributed by atoms with van der Waals surface area (Å²) in [4.78, 5) is 42.1. The zero-order valence-corrected chi connectivity index (χ0v) is 20.4. The summed E-state index contributed by atoms with van der Waals surface area (Å²) >= 11 is 1.60. The van der Waals surface area contributed by atoms with Gasteiger partial charge < -0.3 is 20.7 Å². The number of methoxy groups -OCH3 is 1. The van der Waals surface area contributed by atoms with Crippen molar-refractivity contribution in [1.29, 1.82) is 0 Å². The molecule has 0 aliphatic carbocycles. The molecule has 3 N–H and O–H groups in total. The molecule has 0 aliphatic heterocycles. The molecule has 9 heteroatoms. The van der Waals surface area contributed by atoms with Crippen molar-refractivity contribution in [3.63, 3.8) is 0 Å². The average Bonchev–Trinajstić information content (AvgIpc) is 2.90. The van der Waals surface area contributed by atoms with Crippen LogP contribution in [0.15, 0.2) is 73.1 Å². The van der Waals surface area contributed by atoms with E-state index in [0.717, 1.165) is 5.56 Å². The van der Waals surface area contributed by atoms with Gasteiger partial charge in [-0.1, -0.05) is 24.3 Å². The normalized spacial score (nSPS) is 11.3. The van der Waals surface area contributed by atoms with Crippen LogP contribution in [0.4, 0.5) is 5.69 Å². The number of amides is 3. The molecule has 3 amide bonds. The lowest BCUT2D eigenvalue weighted by molar-refractivity contribution is -0.123. The number of carbonyl (C=O) groups excluding carboxylic acids is 3. The average molecular weight is 493 g/mol. The number of ether oxygens (including phenoxy) is 1. The molecule has 1 unspecified atom stereocenters. The number of hydrogen-bond acceptors (Lipinski definition) is 6. The molecular weight excluding hydrogens is 464 g/mol. The fourth-order valence-corrected chi connectivity index (χ4v) is 3.82. The molecule has 3 aromatic rings. The summed E-state index contributed by atoms with van der Waals surface area (Å²) in [5.41, 5.74) is 2.29. The van der Waals surface area contributed by atoms with Crippen molar-refractivity contribution in [3.05, 3.63) is 89.7 Å². The Morgan fingerprint density at radius 3 is 2.51 bits per heavy atom. The third-order valence-electron chi connectivity index (χ3n) is 5.18. The van der Waals surface area contributed by atoms with E-state index < -0.39 is 6.04 Å². The molecular formula is C26H28N4O4S. The fraction of sp³-hybridized carbons (Fsp3) is 0.231. The number of para-hydroxylation sites is 1. The lowest BCUT2D eigenvalue weighted by Gasteiger charge is -2.19. The van der Waals surface area contributed by atoms with Crippen LogP contribution in [-0.2, 0) is 11.3 Å². The third-order valence-corrected chi connectivity index (χ3v) is 5.82. The summed E-state index contributed by atoms with van der Waals surface area (Å²) in [6.07, 6.45) is 5.54. The van der Waals surface area contributed by atoms with E-state index in [1.54, 1.807) is 78.8 Å². The summed E-state index contributed by atoms with van der Waals surface area (Å²) in [5.74, 6) is 0.253. The van der Waals surface area contributed by atoms with Gasteiger partial charge in [0.15, 0.2) is 0 Å². The predicted molar refractivity (Wildman–Crippen MR) is 138 cm³/mol. The van der Waals surface area contributed by atoms with Crippen molar-refractivity contribution in [3.8, 4) is 5.75 Å². The fourth-order valence-electron chi connectivity index (χ4n) is 3.35. The molecule has 1 atom stereocenters. The molecule has 0 spiro atoms. The minimum atomic E-state index is -0.700. The van der Waals surface area contributed by atoms with Crippen molar-refractivity contribution in [2.24, 2.45) is 0 Å². The Bertz CT molecular complexity index is 1160. The Balaban J connectivity index is 1.62. The van der Waals surface area contributed by atoms with Gasteiger partial charge in [-0.25, -0.2) is 0 Å². The summed E-state index contributed by atoms with van der Waals surface area (Å²) in [5, 5.41) is 8.56. The highest BCUT2D eigenvalue weighted by molar-refractivity contribution is 7.98. The molecule has 0 bridgehead atoms. The van der Waals surface area contributed by atoms with E-state index in [2.05, 4.69) is 20.9 Å². The van der Waals surface area contributed by atoms with Gasteiger partial charge in [0, 0.05) is 30.2 Å². The number of thioether (sulfide) groups is 1. The number of benzene rings is 2. The van der Waals surface area contributed by atoms with Crippen molar-refractivity contribution in [1.82, 2.24) is 15.6 Å². The largest absolute Gasteiger partial charge is 0.496 e. The van der Waals surface area contributed by atoms with Gasteiger partial charge in [-0.15, -0.1) is 0 Å². The van der Waals surface area contributed by atoms with Crippen LogP contribution < -0.4 is 20.7 Å². The van der Waals surface area contributed by atoms with E-state index in [4.69, 9.17) is 4.74 Å². The number of nitrogens with zero attached hydrogens (tertiary/aromatic N) is 1. The Morgan fingerprint density at radius 1 is 1.00 bits per heavy atom. The molecule has 1 heterocycles. The molecule has 3 rings (SSSR count). The van der Waals surface area contributed by atoms with E-state index in [1.807, 2.05) is 12.3 Å². The van der Waals surface area contributed by atoms with E-state index >= 15 is 0 Å². The molecule has 0 saturated heterocycles. The van der Waals surface area contributed by atoms with Gasteiger partial charge in [-0.2, -0.15) is 11.8 Å². The smallest absolute Gasteiger partial charge is 0.255 e. The van der Waals surface area contributed by atoms with Crippen LogP contribution in [0.25, 0.3) is 0 Å². The first-order valence-electron chi connectivity index (χ1n) is 11.0. The first-order valence-corrected chi connectivity index (χ1v) is 12.4. The molecule has 8 nitrogen and oxygen atoms in total. The van der Waals surface area contributed by atoms with Crippen LogP contribution in [0.3, 0.4) is 0 Å². The van der Waals surface area contributed by atoms with Gasteiger partial charge in [-0.05, 0) is 60.4 Å². The number of rotatable bonds is 11. The molecule has 2 aromatic carbocycles. The van der Waals surface area contributed by atoms with Crippen molar-refractivity contribution in [2.75, 3.05) is 24.4 Å². The van der Waals surface area contributed by atoms with Gasteiger partial charge in [0.2, 0.25) is 5.91 Å². The summed E-state index contributed by atoms with van der Waals surface area (Å²) in [6.45, 7) is 0.248. The highest BCUT2D eigenvalue weighted by Gasteiger charge is 2.22. The highest BCUT2D eigenvalue weighted by Crippen LogP contribution is 2.18. The Hall–Kier alpha value is -3.85. The summed E-state index contributed by atoms with van der Waals surface area (Å²) in [7, 11) is 1.50.